The van der Waals surface area contributed by atoms with Crippen molar-refractivity contribution in [1.29, 1.82) is 0 Å². The second kappa shape index (κ2) is 75.5. The van der Waals surface area contributed by atoms with Gasteiger partial charge in [-0.25, -0.2) is 0 Å². The maximum absolute atomic E-state index is 12.6. The summed E-state index contributed by atoms with van der Waals surface area (Å²) in [5, 5.41) is 23.3. The quantitative estimate of drug-likeness (QED) is 0.0320. The van der Waals surface area contributed by atoms with Crippen LogP contribution in [0.25, 0.3) is 0 Å². The highest BCUT2D eigenvalue weighted by Gasteiger charge is 2.18. The Balaban J connectivity index is 3.36. The molecule has 0 aliphatic carbocycles. The van der Waals surface area contributed by atoms with Crippen molar-refractivity contribution in [2.24, 2.45) is 0 Å². The van der Waals surface area contributed by atoms with Crippen LogP contribution in [0, 0.1) is 0 Å². The summed E-state index contributed by atoms with van der Waals surface area (Å²) in [6, 6.07) is -0.626. The van der Waals surface area contributed by atoms with Crippen LogP contribution < -0.4 is 5.32 Å². The van der Waals surface area contributed by atoms with Crippen molar-refractivity contribution < 1.29 is 24.5 Å². The van der Waals surface area contributed by atoms with Crippen molar-refractivity contribution in [1.82, 2.24) is 5.32 Å². The van der Waals surface area contributed by atoms with E-state index < -0.39 is 12.1 Å². The summed E-state index contributed by atoms with van der Waals surface area (Å²) in [7, 11) is 0. The number of amides is 1. The summed E-state index contributed by atoms with van der Waals surface area (Å²) in [5.74, 6) is -0.0518. The molecule has 0 radical (unpaired) electrons. The number of hydrogen-bond donors (Lipinski definition) is 3. The van der Waals surface area contributed by atoms with Crippen LogP contribution in [0.1, 0.15) is 438 Å². The number of aliphatic hydroxyl groups excluding tert-OH is 2. The van der Waals surface area contributed by atoms with Gasteiger partial charge in [0, 0.05) is 12.8 Å². The van der Waals surface area contributed by atoms with E-state index in [1.807, 2.05) is 6.08 Å². The van der Waals surface area contributed by atoms with Crippen molar-refractivity contribution >= 4 is 11.9 Å². The summed E-state index contributed by atoms with van der Waals surface area (Å²) in [6.45, 7) is 4.91. The zero-order valence-electron chi connectivity index (χ0n) is 58.3. The van der Waals surface area contributed by atoms with Gasteiger partial charge in [-0.15, -0.1) is 0 Å². The first-order chi connectivity index (χ1) is 42.5. The molecule has 0 aromatic rings. The van der Waals surface area contributed by atoms with E-state index in [2.05, 4.69) is 43.5 Å². The molecule has 0 spiro atoms. The molecular weight excluding hydrogens is 1050 g/mol. The largest absolute Gasteiger partial charge is 0.466 e. The average molecular weight is 1210 g/mol. The molecule has 0 bridgehead atoms. The standard InChI is InChI=1S/C80H153NO5/c1-3-5-7-9-11-13-15-17-19-20-21-22-33-36-39-42-45-48-52-56-60-64-68-72-78(83)77(76-82)81-79(84)73-69-65-61-57-53-49-46-43-40-37-34-31-29-27-25-23-24-26-28-30-32-35-38-41-44-47-51-55-59-63-67-71-75-86-80(85)74-70-66-62-58-54-50-18-16-14-12-10-8-6-4-2/h10,12,16,18,68,72,77-78,82-83H,3-9,11,13-15,17,19-67,69-71,73-76H2,1-2H3,(H,81,84)/b12-10-,18-16-,72-68+. The molecule has 0 aliphatic rings. The lowest BCUT2D eigenvalue weighted by atomic mass is 10.0. The maximum atomic E-state index is 12.6. The third-order valence-electron chi connectivity index (χ3n) is 18.4. The highest BCUT2D eigenvalue weighted by atomic mass is 16.5. The van der Waals surface area contributed by atoms with Crippen LogP contribution in [-0.4, -0.2) is 47.4 Å². The van der Waals surface area contributed by atoms with Crippen molar-refractivity contribution in [3.63, 3.8) is 0 Å². The lowest BCUT2D eigenvalue weighted by Crippen LogP contribution is -2.45. The molecule has 3 N–H and O–H groups in total. The number of ether oxygens (including phenoxy) is 1. The number of aliphatic hydroxyl groups is 2. The molecule has 0 fully saturated rings. The number of nitrogens with one attached hydrogen (secondary N) is 1. The molecule has 0 heterocycles. The van der Waals surface area contributed by atoms with Gasteiger partial charge in [-0.3, -0.25) is 9.59 Å². The van der Waals surface area contributed by atoms with E-state index in [1.165, 1.54) is 360 Å². The third-order valence-corrected chi connectivity index (χ3v) is 18.4. The number of carbonyl (C=O) groups is 2. The van der Waals surface area contributed by atoms with Gasteiger partial charge in [0.25, 0.3) is 0 Å². The average Bonchev–Trinajstić information content (AvgIpc) is 3.54. The Labute approximate surface area is 538 Å². The molecule has 2 unspecified atom stereocenters. The lowest BCUT2D eigenvalue weighted by Gasteiger charge is -2.20. The lowest BCUT2D eigenvalue weighted by molar-refractivity contribution is -0.143. The molecule has 508 valence electrons. The Morgan fingerprint density at radius 2 is 0.593 bits per heavy atom. The molecule has 0 rings (SSSR count). The fourth-order valence-electron chi connectivity index (χ4n) is 12.4. The molecule has 2 atom stereocenters. The maximum Gasteiger partial charge on any atom is 0.305 e. The van der Waals surface area contributed by atoms with E-state index in [0.717, 1.165) is 51.4 Å². The number of unbranched alkanes of at least 4 members (excludes halogenated alkanes) is 59. The normalized spacial score (nSPS) is 12.7. The third kappa shape index (κ3) is 71.2. The summed E-state index contributed by atoms with van der Waals surface area (Å²) < 4.78 is 5.49. The van der Waals surface area contributed by atoms with Crippen molar-refractivity contribution in [2.75, 3.05) is 13.2 Å². The minimum Gasteiger partial charge on any atom is -0.466 e. The molecule has 0 saturated heterocycles. The Kier molecular flexibility index (Phi) is 73.9. The number of rotatable bonds is 74. The van der Waals surface area contributed by atoms with Crippen molar-refractivity contribution in [3.05, 3.63) is 36.5 Å². The molecule has 86 heavy (non-hydrogen) atoms. The summed E-state index contributed by atoms with van der Waals surface area (Å²) in [6.07, 6.45) is 98.4. The van der Waals surface area contributed by atoms with Gasteiger partial charge < -0.3 is 20.3 Å². The minimum atomic E-state index is -0.843. The fraction of sp³-hybridized carbons (Fsp3) is 0.900. The SMILES string of the molecule is CCCC/C=C\C/C=C\CCCCCCCC(=O)OCCCCCCCCCCCCCCCCCCCCCCCCCCCCCCCCCCC(=O)NC(CO)C(O)/C=C/CCCCCCCCCCCCCCCCCCCCCCC. The molecule has 6 nitrogen and oxygen atoms in total. The molecular formula is C80H153NO5. The zero-order chi connectivity index (χ0) is 62.0. The van der Waals surface area contributed by atoms with E-state index in [0.29, 0.717) is 19.4 Å². The molecule has 0 aromatic heterocycles. The Morgan fingerprint density at radius 3 is 0.919 bits per heavy atom. The molecule has 0 aliphatic heterocycles. The molecule has 0 aromatic carbocycles. The van der Waals surface area contributed by atoms with Gasteiger partial charge in [0.1, 0.15) is 0 Å². The second-order valence-corrected chi connectivity index (χ2v) is 27.0. The topological polar surface area (TPSA) is 95.9 Å². The predicted octanol–water partition coefficient (Wildman–Crippen LogP) is 25.8. The highest BCUT2D eigenvalue weighted by Crippen LogP contribution is 2.20. The second-order valence-electron chi connectivity index (χ2n) is 27.0. The van der Waals surface area contributed by atoms with Crippen molar-refractivity contribution in [2.45, 2.75) is 450 Å². The van der Waals surface area contributed by atoms with Crippen LogP contribution >= 0.6 is 0 Å². The van der Waals surface area contributed by atoms with Gasteiger partial charge in [-0.2, -0.15) is 0 Å². The Hall–Kier alpha value is -1.92. The predicted molar refractivity (Wildman–Crippen MR) is 379 cm³/mol. The Bertz CT molecular complexity index is 1390. The van der Waals surface area contributed by atoms with E-state index >= 15 is 0 Å². The van der Waals surface area contributed by atoms with E-state index in [-0.39, 0.29) is 18.5 Å². The fourth-order valence-corrected chi connectivity index (χ4v) is 12.4. The molecule has 6 heteroatoms. The first-order valence-electron chi connectivity index (χ1n) is 39.3. The molecule has 0 saturated carbocycles. The van der Waals surface area contributed by atoms with Crippen LogP contribution in [0.15, 0.2) is 36.5 Å². The summed E-state index contributed by atoms with van der Waals surface area (Å²) in [4.78, 5) is 24.6. The van der Waals surface area contributed by atoms with Crippen molar-refractivity contribution in [3.8, 4) is 0 Å². The van der Waals surface area contributed by atoms with Gasteiger partial charge in [-0.1, -0.05) is 403 Å². The zero-order valence-corrected chi connectivity index (χ0v) is 58.3. The van der Waals surface area contributed by atoms with Gasteiger partial charge in [0.15, 0.2) is 0 Å². The minimum absolute atomic E-state index is 0.00687. The van der Waals surface area contributed by atoms with Crippen LogP contribution in [0.3, 0.4) is 0 Å². The molecule has 1 amide bonds. The van der Waals surface area contributed by atoms with E-state index in [9.17, 15) is 19.8 Å². The van der Waals surface area contributed by atoms with Gasteiger partial charge in [0.2, 0.25) is 5.91 Å². The van der Waals surface area contributed by atoms with Gasteiger partial charge >= 0.3 is 5.97 Å². The number of hydrogen-bond acceptors (Lipinski definition) is 5. The van der Waals surface area contributed by atoms with Crippen LogP contribution in [0.5, 0.6) is 0 Å². The van der Waals surface area contributed by atoms with E-state index in [1.54, 1.807) is 6.08 Å². The summed E-state index contributed by atoms with van der Waals surface area (Å²) in [5.41, 5.74) is 0. The smallest absolute Gasteiger partial charge is 0.305 e. The number of esters is 1. The monoisotopic (exact) mass is 1210 g/mol. The Morgan fingerprint density at radius 1 is 0.326 bits per heavy atom. The number of carbonyl (C=O) groups excluding carboxylic acids is 2. The van der Waals surface area contributed by atoms with Gasteiger partial charge in [0.05, 0.1) is 25.4 Å². The van der Waals surface area contributed by atoms with E-state index in [4.69, 9.17) is 4.74 Å². The first kappa shape index (κ1) is 84.1. The van der Waals surface area contributed by atoms with Gasteiger partial charge in [-0.05, 0) is 57.8 Å². The number of allylic oxidation sites excluding steroid dienone is 5. The first-order valence-corrected chi connectivity index (χ1v) is 39.3. The van der Waals surface area contributed by atoms with Crippen LogP contribution in [-0.2, 0) is 14.3 Å². The van der Waals surface area contributed by atoms with Crippen LogP contribution in [0.2, 0.25) is 0 Å². The van der Waals surface area contributed by atoms with Crippen LogP contribution in [0.4, 0.5) is 0 Å². The summed E-state index contributed by atoms with van der Waals surface area (Å²) >= 11 is 0. The highest BCUT2D eigenvalue weighted by molar-refractivity contribution is 5.76.